The zero-order valence-corrected chi connectivity index (χ0v) is 15.1. The highest BCUT2D eigenvalue weighted by molar-refractivity contribution is 7.99. The molecule has 1 saturated heterocycles. The third-order valence-corrected chi connectivity index (χ3v) is 5.53. The summed E-state index contributed by atoms with van der Waals surface area (Å²) in [6, 6.07) is 14.8. The molecule has 1 heterocycles. The molecule has 1 unspecified atom stereocenters. The summed E-state index contributed by atoms with van der Waals surface area (Å²) < 4.78 is 18.8. The monoisotopic (exact) mass is 359 g/mol. The van der Waals surface area contributed by atoms with Crippen LogP contribution in [0, 0.1) is 5.82 Å². The largest absolute Gasteiger partial charge is 0.497 e. The standard InChI is InChI=1S/C20H22FNO2S/c1-24-16-10-8-15(9-11-16)18-6-4-13-22(18)20(23)12-14-25-19-7-3-2-5-17(19)21/h2-3,5,7-11,18H,4,6,12-14H2,1H3. The minimum Gasteiger partial charge on any atom is -0.497 e. The van der Waals surface area contributed by atoms with Gasteiger partial charge in [-0.1, -0.05) is 24.3 Å². The molecule has 0 N–H and O–H groups in total. The van der Waals surface area contributed by atoms with Crippen LogP contribution in [0.5, 0.6) is 5.75 Å². The van der Waals surface area contributed by atoms with Crippen molar-refractivity contribution in [3.05, 3.63) is 59.9 Å². The Morgan fingerprint density at radius 2 is 2.00 bits per heavy atom. The lowest BCUT2D eigenvalue weighted by Crippen LogP contribution is -2.30. The van der Waals surface area contributed by atoms with Crippen LogP contribution in [0.2, 0.25) is 0 Å². The van der Waals surface area contributed by atoms with Crippen molar-refractivity contribution in [1.29, 1.82) is 0 Å². The van der Waals surface area contributed by atoms with E-state index in [-0.39, 0.29) is 17.8 Å². The summed E-state index contributed by atoms with van der Waals surface area (Å²) in [5.74, 6) is 1.33. The number of methoxy groups -OCH3 is 1. The summed E-state index contributed by atoms with van der Waals surface area (Å²) in [5, 5.41) is 0. The van der Waals surface area contributed by atoms with Crippen molar-refractivity contribution in [1.82, 2.24) is 4.90 Å². The molecule has 132 valence electrons. The Kier molecular flexibility index (Phi) is 5.97. The molecule has 0 bridgehead atoms. The van der Waals surface area contributed by atoms with Gasteiger partial charge in [-0.2, -0.15) is 0 Å². The van der Waals surface area contributed by atoms with Crippen LogP contribution in [-0.4, -0.2) is 30.2 Å². The second-order valence-electron chi connectivity index (χ2n) is 6.05. The van der Waals surface area contributed by atoms with E-state index in [1.165, 1.54) is 17.8 Å². The lowest BCUT2D eigenvalue weighted by molar-refractivity contribution is -0.131. The molecule has 1 amide bonds. The van der Waals surface area contributed by atoms with Gasteiger partial charge in [0.15, 0.2) is 0 Å². The number of likely N-dealkylation sites (tertiary alicyclic amines) is 1. The van der Waals surface area contributed by atoms with Crippen LogP contribution in [0.4, 0.5) is 4.39 Å². The van der Waals surface area contributed by atoms with Gasteiger partial charge >= 0.3 is 0 Å². The molecule has 2 aromatic carbocycles. The first kappa shape index (κ1) is 17.8. The van der Waals surface area contributed by atoms with Crippen molar-refractivity contribution < 1.29 is 13.9 Å². The maximum atomic E-state index is 13.6. The maximum absolute atomic E-state index is 13.6. The molecule has 1 atom stereocenters. The van der Waals surface area contributed by atoms with E-state index >= 15 is 0 Å². The number of amides is 1. The number of benzene rings is 2. The minimum atomic E-state index is -0.225. The Balaban J connectivity index is 1.58. The first-order chi connectivity index (χ1) is 12.2. The minimum absolute atomic E-state index is 0.136. The second kappa shape index (κ2) is 8.39. The molecule has 2 aromatic rings. The average Bonchev–Trinajstić information content (AvgIpc) is 3.13. The highest BCUT2D eigenvalue weighted by Crippen LogP contribution is 2.33. The Hall–Kier alpha value is -2.01. The summed E-state index contributed by atoms with van der Waals surface area (Å²) in [4.78, 5) is 15.2. The van der Waals surface area contributed by atoms with E-state index in [2.05, 4.69) is 0 Å². The molecular formula is C20H22FNO2S. The van der Waals surface area contributed by atoms with Gasteiger partial charge in [0.25, 0.3) is 0 Å². The van der Waals surface area contributed by atoms with Crippen LogP contribution < -0.4 is 4.74 Å². The molecule has 0 saturated carbocycles. The number of hydrogen-bond donors (Lipinski definition) is 0. The van der Waals surface area contributed by atoms with E-state index in [0.717, 1.165) is 30.7 Å². The lowest BCUT2D eigenvalue weighted by Gasteiger charge is -2.25. The van der Waals surface area contributed by atoms with E-state index < -0.39 is 0 Å². The van der Waals surface area contributed by atoms with E-state index in [0.29, 0.717) is 17.1 Å². The van der Waals surface area contributed by atoms with E-state index in [9.17, 15) is 9.18 Å². The number of ether oxygens (including phenoxy) is 1. The first-order valence-electron chi connectivity index (χ1n) is 8.50. The van der Waals surface area contributed by atoms with Gasteiger partial charge in [-0.25, -0.2) is 4.39 Å². The fourth-order valence-corrected chi connectivity index (χ4v) is 4.07. The highest BCUT2D eigenvalue weighted by atomic mass is 32.2. The Morgan fingerprint density at radius 3 is 2.72 bits per heavy atom. The van der Waals surface area contributed by atoms with Gasteiger partial charge in [-0.3, -0.25) is 4.79 Å². The quantitative estimate of drug-likeness (QED) is 0.702. The molecule has 5 heteroatoms. The number of carbonyl (C=O) groups excluding carboxylic acids is 1. The van der Waals surface area contributed by atoms with Crippen molar-refractivity contribution in [3.8, 4) is 5.75 Å². The zero-order valence-electron chi connectivity index (χ0n) is 14.3. The molecule has 0 spiro atoms. The molecule has 1 fully saturated rings. The predicted octanol–water partition coefficient (Wildman–Crippen LogP) is 4.68. The number of thioether (sulfide) groups is 1. The summed E-state index contributed by atoms with van der Waals surface area (Å²) in [6.07, 6.45) is 2.42. The van der Waals surface area contributed by atoms with Crippen molar-refractivity contribution in [2.45, 2.75) is 30.2 Å². The van der Waals surface area contributed by atoms with Gasteiger partial charge in [0.2, 0.25) is 5.91 Å². The first-order valence-corrected chi connectivity index (χ1v) is 9.48. The third kappa shape index (κ3) is 4.34. The molecule has 0 radical (unpaired) electrons. The fraction of sp³-hybridized carbons (Fsp3) is 0.350. The van der Waals surface area contributed by atoms with Crippen LogP contribution in [0.1, 0.15) is 30.9 Å². The zero-order chi connectivity index (χ0) is 17.6. The molecule has 3 rings (SSSR count). The Bertz CT molecular complexity index is 720. The van der Waals surface area contributed by atoms with Gasteiger partial charge in [0, 0.05) is 23.6 Å². The predicted molar refractivity (Wildman–Crippen MR) is 98.4 cm³/mol. The maximum Gasteiger partial charge on any atom is 0.223 e. The molecule has 0 aliphatic carbocycles. The van der Waals surface area contributed by atoms with E-state index in [4.69, 9.17) is 4.74 Å². The fourth-order valence-electron chi connectivity index (χ4n) is 3.19. The molecule has 1 aliphatic rings. The molecule has 1 aliphatic heterocycles. The van der Waals surface area contributed by atoms with Crippen molar-refractivity contribution in [2.75, 3.05) is 19.4 Å². The van der Waals surface area contributed by atoms with Crippen molar-refractivity contribution >= 4 is 17.7 Å². The number of nitrogens with zero attached hydrogens (tertiary/aromatic N) is 1. The smallest absolute Gasteiger partial charge is 0.223 e. The van der Waals surface area contributed by atoms with Gasteiger partial charge in [-0.15, -0.1) is 11.8 Å². The molecule has 3 nitrogen and oxygen atoms in total. The van der Waals surface area contributed by atoms with E-state index in [1.54, 1.807) is 19.2 Å². The van der Waals surface area contributed by atoms with Gasteiger partial charge in [-0.05, 0) is 42.7 Å². The number of carbonyl (C=O) groups is 1. The third-order valence-electron chi connectivity index (χ3n) is 4.48. The van der Waals surface area contributed by atoms with Crippen LogP contribution in [0.3, 0.4) is 0 Å². The van der Waals surface area contributed by atoms with Crippen LogP contribution in [0.25, 0.3) is 0 Å². The highest BCUT2D eigenvalue weighted by Gasteiger charge is 2.29. The summed E-state index contributed by atoms with van der Waals surface area (Å²) >= 11 is 1.40. The molecular weight excluding hydrogens is 337 g/mol. The molecule has 0 aromatic heterocycles. The SMILES string of the molecule is COc1ccc(C2CCCN2C(=O)CCSc2ccccc2F)cc1. The lowest BCUT2D eigenvalue weighted by atomic mass is 10.0. The van der Waals surface area contributed by atoms with Gasteiger partial charge < -0.3 is 9.64 Å². The van der Waals surface area contributed by atoms with Crippen LogP contribution >= 0.6 is 11.8 Å². The second-order valence-corrected chi connectivity index (χ2v) is 7.18. The number of rotatable bonds is 6. The van der Waals surface area contributed by atoms with Crippen molar-refractivity contribution in [2.24, 2.45) is 0 Å². The van der Waals surface area contributed by atoms with Crippen LogP contribution in [0.15, 0.2) is 53.4 Å². The van der Waals surface area contributed by atoms with Crippen molar-refractivity contribution in [3.63, 3.8) is 0 Å². The number of halogens is 1. The average molecular weight is 359 g/mol. The molecule has 25 heavy (non-hydrogen) atoms. The van der Waals surface area contributed by atoms with E-state index in [1.807, 2.05) is 35.2 Å². The Morgan fingerprint density at radius 1 is 1.24 bits per heavy atom. The number of hydrogen-bond acceptors (Lipinski definition) is 3. The summed E-state index contributed by atoms with van der Waals surface area (Å²) in [5.41, 5.74) is 1.15. The van der Waals surface area contributed by atoms with Gasteiger partial charge in [0.05, 0.1) is 13.2 Å². The normalized spacial score (nSPS) is 16.9. The summed E-state index contributed by atoms with van der Waals surface area (Å²) in [7, 11) is 1.65. The van der Waals surface area contributed by atoms with Crippen LogP contribution in [-0.2, 0) is 4.79 Å². The topological polar surface area (TPSA) is 29.5 Å². The Labute approximate surface area is 152 Å². The van der Waals surface area contributed by atoms with Gasteiger partial charge in [0.1, 0.15) is 11.6 Å². The summed E-state index contributed by atoms with van der Waals surface area (Å²) in [6.45, 7) is 0.792.